The minimum Gasteiger partial charge on any atom is -0.394 e. The average Bonchev–Trinajstić information content (AvgIpc) is 0.791. The molecule has 0 bridgehead atoms. The molecule has 0 spiro atoms. The number of aliphatic hydroxyl groups excluding tert-OH is 8. The average molecular weight is 1420 g/mol. The zero-order valence-corrected chi connectivity index (χ0v) is 65.0. The minimum atomic E-state index is -1.79. The number of allylic oxidation sites excluding steroid dienone is 5. The van der Waals surface area contributed by atoms with E-state index in [2.05, 4.69) is 43.5 Å². The highest BCUT2D eigenvalue weighted by molar-refractivity contribution is 5.76. The van der Waals surface area contributed by atoms with E-state index < -0.39 is 86.8 Å². The van der Waals surface area contributed by atoms with Crippen LogP contribution in [0.25, 0.3) is 0 Å². The molecule has 14 nitrogen and oxygen atoms in total. The lowest BCUT2D eigenvalue weighted by Gasteiger charge is -2.46. The third-order valence-electron chi connectivity index (χ3n) is 21.3. The van der Waals surface area contributed by atoms with Gasteiger partial charge in [-0.2, -0.15) is 0 Å². The molecule has 100 heavy (non-hydrogen) atoms. The fourth-order valence-electron chi connectivity index (χ4n) is 14.5. The summed E-state index contributed by atoms with van der Waals surface area (Å²) in [4.78, 5) is 13.4. The Morgan fingerprint density at radius 2 is 0.660 bits per heavy atom. The molecule has 0 saturated carbocycles. The monoisotopic (exact) mass is 1420 g/mol. The summed E-state index contributed by atoms with van der Waals surface area (Å²) < 4.78 is 23.0. The van der Waals surface area contributed by atoms with Crippen molar-refractivity contribution in [3.05, 3.63) is 36.5 Å². The topological polar surface area (TPSA) is 228 Å². The van der Waals surface area contributed by atoms with Crippen LogP contribution in [-0.4, -0.2) is 140 Å². The quantitative estimate of drug-likeness (QED) is 0.0204. The third-order valence-corrected chi connectivity index (χ3v) is 21.3. The number of amides is 1. The van der Waals surface area contributed by atoms with E-state index in [-0.39, 0.29) is 18.9 Å². The van der Waals surface area contributed by atoms with E-state index in [0.717, 1.165) is 44.9 Å². The fraction of sp³-hybridized carbons (Fsp3) is 0.919. The fourth-order valence-corrected chi connectivity index (χ4v) is 14.5. The summed E-state index contributed by atoms with van der Waals surface area (Å²) in [7, 11) is 0. The van der Waals surface area contributed by atoms with Gasteiger partial charge in [-0.05, 0) is 51.4 Å². The number of ether oxygens (including phenoxy) is 4. The zero-order valence-electron chi connectivity index (χ0n) is 65.0. The molecule has 12 unspecified atom stereocenters. The number of hydrogen-bond donors (Lipinski definition) is 9. The Bertz CT molecular complexity index is 1820. The number of hydrogen-bond acceptors (Lipinski definition) is 13. The van der Waals surface area contributed by atoms with E-state index in [1.165, 1.54) is 340 Å². The predicted octanol–water partition coefficient (Wildman–Crippen LogP) is 20.4. The second kappa shape index (κ2) is 70.2. The van der Waals surface area contributed by atoms with Gasteiger partial charge in [0.1, 0.15) is 48.8 Å². The lowest BCUT2D eigenvalue weighted by Crippen LogP contribution is -2.65. The van der Waals surface area contributed by atoms with E-state index in [9.17, 15) is 45.6 Å². The second-order valence-corrected chi connectivity index (χ2v) is 30.7. The van der Waals surface area contributed by atoms with Crippen molar-refractivity contribution >= 4 is 5.91 Å². The van der Waals surface area contributed by atoms with Crippen molar-refractivity contribution < 1.29 is 64.6 Å². The van der Waals surface area contributed by atoms with Gasteiger partial charge in [-0.1, -0.05) is 391 Å². The summed E-state index contributed by atoms with van der Waals surface area (Å²) in [5.41, 5.74) is 0. The van der Waals surface area contributed by atoms with Crippen molar-refractivity contribution in [2.75, 3.05) is 19.8 Å². The van der Waals surface area contributed by atoms with Gasteiger partial charge in [-0.25, -0.2) is 0 Å². The lowest BCUT2D eigenvalue weighted by molar-refractivity contribution is -0.359. The zero-order chi connectivity index (χ0) is 72.2. The molecule has 12 atom stereocenters. The first-order valence-corrected chi connectivity index (χ1v) is 43.2. The Hall–Kier alpha value is -1.79. The third kappa shape index (κ3) is 52.2. The molecule has 2 saturated heterocycles. The number of aliphatic hydroxyl groups is 8. The van der Waals surface area contributed by atoms with Gasteiger partial charge in [0.25, 0.3) is 0 Å². The molecule has 2 aliphatic heterocycles. The van der Waals surface area contributed by atoms with Crippen LogP contribution in [0.2, 0.25) is 0 Å². The maximum absolute atomic E-state index is 13.4. The smallest absolute Gasteiger partial charge is 0.220 e. The van der Waals surface area contributed by atoms with Gasteiger partial charge in [0.2, 0.25) is 5.91 Å². The maximum atomic E-state index is 13.4. The molecule has 2 heterocycles. The van der Waals surface area contributed by atoms with Crippen LogP contribution in [0.15, 0.2) is 36.5 Å². The van der Waals surface area contributed by atoms with Crippen LogP contribution >= 0.6 is 0 Å². The molecule has 0 aromatic rings. The molecule has 0 aliphatic carbocycles. The highest BCUT2D eigenvalue weighted by atomic mass is 16.7. The molecule has 2 fully saturated rings. The van der Waals surface area contributed by atoms with Crippen molar-refractivity contribution in [1.29, 1.82) is 0 Å². The van der Waals surface area contributed by atoms with Gasteiger partial charge in [-0.15, -0.1) is 0 Å². The van der Waals surface area contributed by atoms with Gasteiger partial charge < -0.3 is 65.1 Å². The van der Waals surface area contributed by atoms with Crippen LogP contribution in [0.1, 0.15) is 412 Å². The van der Waals surface area contributed by atoms with Crippen molar-refractivity contribution in [2.45, 2.75) is 485 Å². The second-order valence-electron chi connectivity index (χ2n) is 30.7. The molecular formula is C86H163NO13. The van der Waals surface area contributed by atoms with Crippen LogP contribution in [0.4, 0.5) is 0 Å². The van der Waals surface area contributed by atoms with Crippen molar-refractivity contribution in [3.8, 4) is 0 Å². The first kappa shape index (κ1) is 94.3. The van der Waals surface area contributed by atoms with Crippen LogP contribution in [0.5, 0.6) is 0 Å². The van der Waals surface area contributed by atoms with Gasteiger partial charge in [0, 0.05) is 6.42 Å². The largest absolute Gasteiger partial charge is 0.394 e. The Balaban J connectivity index is 1.58. The Morgan fingerprint density at radius 3 is 1.00 bits per heavy atom. The Morgan fingerprint density at radius 1 is 0.360 bits per heavy atom. The summed E-state index contributed by atoms with van der Waals surface area (Å²) in [6.07, 6.45) is 76.8. The molecule has 2 rings (SSSR count). The number of rotatable bonds is 74. The number of unbranched alkanes of at least 4 members (excludes halogenated alkanes) is 57. The SMILES string of the molecule is CCCCCCC/C=C\C/C=C\CCCCCCCCCCCCCCCCCCCCCCCC(=O)NC(COC1OC(CO)C(OC2OC(CO)C(O)C(O)C2O)C(O)C1O)C(O)/C=C/CCCCCCCCCCCCCCCCCCCCCCCCCCCCCCCCC. The van der Waals surface area contributed by atoms with Gasteiger partial charge >= 0.3 is 0 Å². The van der Waals surface area contributed by atoms with Crippen LogP contribution in [0.3, 0.4) is 0 Å². The predicted molar refractivity (Wildman–Crippen MR) is 415 cm³/mol. The lowest BCUT2D eigenvalue weighted by atomic mass is 9.97. The Labute approximate surface area is 614 Å². The molecule has 0 radical (unpaired) electrons. The summed E-state index contributed by atoms with van der Waals surface area (Å²) in [5, 5.41) is 87.8. The molecule has 2 aliphatic rings. The molecule has 9 N–H and O–H groups in total. The van der Waals surface area contributed by atoms with Crippen LogP contribution in [-0.2, 0) is 23.7 Å². The summed E-state index contributed by atoms with van der Waals surface area (Å²) in [6, 6.07) is -0.915. The van der Waals surface area contributed by atoms with E-state index >= 15 is 0 Å². The molecule has 590 valence electrons. The molecular weight excluding hydrogens is 1250 g/mol. The van der Waals surface area contributed by atoms with Crippen LogP contribution < -0.4 is 5.32 Å². The minimum absolute atomic E-state index is 0.230. The summed E-state index contributed by atoms with van der Waals surface area (Å²) in [6.45, 7) is 2.86. The summed E-state index contributed by atoms with van der Waals surface area (Å²) >= 11 is 0. The highest BCUT2D eigenvalue weighted by Crippen LogP contribution is 2.31. The first-order valence-electron chi connectivity index (χ1n) is 43.2. The number of carbonyl (C=O) groups is 1. The molecule has 0 aromatic heterocycles. The van der Waals surface area contributed by atoms with Gasteiger partial charge in [0.15, 0.2) is 12.6 Å². The number of nitrogens with one attached hydrogen (secondary N) is 1. The van der Waals surface area contributed by atoms with Gasteiger partial charge in [0.05, 0.1) is 32.0 Å². The van der Waals surface area contributed by atoms with Crippen molar-refractivity contribution in [2.24, 2.45) is 0 Å². The molecule has 14 heteroatoms. The van der Waals surface area contributed by atoms with E-state index in [1.807, 2.05) is 6.08 Å². The molecule has 1 amide bonds. The van der Waals surface area contributed by atoms with Crippen molar-refractivity contribution in [3.63, 3.8) is 0 Å². The highest BCUT2D eigenvalue weighted by Gasteiger charge is 2.51. The standard InChI is InChI=1S/C86H163NO13/c1-3-5-7-9-11-13-15-17-19-21-23-25-27-29-31-33-35-37-39-41-43-45-47-49-51-53-55-57-59-61-63-65-67-69-75(90)74(73-97-85-83(96)81(94)84(77(72-89)99-85)100-86-82(95)80(93)79(92)76(71-88)98-86)87-78(91)70-68-66-64-62-60-58-56-54-52-50-48-46-44-42-40-38-36-34-32-30-28-26-24-22-20-18-16-14-12-10-8-6-4-2/h16,18,22,24,67,69,74-77,79-86,88-90,92-96H,3-15,17,19-21,23,25-66,68,70-73H2,1-2H3,(H,87,91)/b18-16-,24-22-,69-67+. The summed E-state index contributed by atoms with van der Waals surface area (Å²) in [5.74, 6) is -0.230. The van der Waals surface area contributed by atoms with E-state index in [4.69, 9.17) is 18.9 Å². The van der Waals surface area contributed by atoms with Crippen LogP contribution in [0, 0.1) is 0 Å². The van der Waals surface area contributed by atoms with Gasteiger partial charge in [-0.3, -0.25) is 4.79 Å². The van der Waals surface area contributed by atoms with E-state index in [0.29, 0.717) is 6.42 Å². The first-order chi connectivity index (χ1) is 49.1. The maximum Gasteiger partial charge on any atom is 0.220 e. The number of carbonyl (C=O) groups excluding carboxylic acids is 1. The Kier molecular flexibility index (Phi) is 66.2. The molecule has 0 aromatic carbocycles. The van der Waals surface area contributed by atoms with Crippen molar-refractivity contribution in [1.82, 2.24) is 5.32 Å². The normalized spacial score (nSPS) is 21.9. The van der Waals surface area contributed by atoms with E-state index in [1.54, 1.807) is 6.08 Å².